The monoisotopic (exact) mass is 262 g/mol. The standard InChI is InChI=1S/C12H22O4S/c1-5-8(3)12(11(15)17,7-10(13)14)16-9(4)6-2/h8-9H,5-7H2,1-4H3,(H,13,14)(H,15,17). The van der Waals surface area contributed by atoms with Crippen LogP contribution >= 0.6 is 12.2 Å². The molecule has 4 nitrogen and oxygen atoms in total. The van der Waals surface area contributed by atoms with Crippen LogP contribution < -0.4 is 0 Å². The van der Waals surface area contributed by atoms with E-state index in [-0.39, 0.29) is 23.5 Å². The summed E-state index contributed by atoms with van der Waals surface area (Å²) in [6.07, 6.45) is 0.973. The fourth-order valence-corrected chi connectivity index (χ4v) is 1.99. The maximum Gasteiger partial charge on any atom is 0.306 e. The maximum absolute atomic E-state index is 11.0. The van der Waals surface area contributed by atoms with E-state index in [0.29, 0.717) is 6.42 Å². The van der Waals surface area contributed by atoms with Gasteiger partial charge in [0.15, 0.2) is 5.05 Å². The van der Waals surface area contributed by atoms with E-state index in [0.717, 1.165) is 6.42 Å². The van der Waals surface area contributed by atoms with Crippen molar-refractivity contribution in [1.82, 2.24) is 0 Å². The summed E-state index contributed by atoms with van der Waals surface area (Å²) < 4.78 is 5.74. The Bertz CT molecular complexity index is 280. The second-order valence-corrected chi connectivity index (χ2v) is 4.80. The molecule has 0 amide bonds. The summed E-state index contributed by atoms with van der Waals surface area (Å²) in [6.45, 7) is 7.54. The molecular weight excluding hydrogens is 240 g/mol. The van der Waals surface area contributed by atoms with Crippen LogP contribution in [0, 0.1) is 5.92 Å². The number of aliphatic hydroxyl groups is 1. The van der Waals surface area contributed by atoms with Gasteiger partial charge in [0.05, 0.1) is 12.5 Å². The van der Waals surface area contributed by atoms with Gasteiger partial charge in [0.1, 0.15) is 5.60 Å². The first-order valence-electron chi connectivity index (χ1n) is 5.93. The molecule has 100 valence electrons. The minimum Gasteiger partial charge on any atom is -0.500 e. The molecule has 0 heterocycles. The highest BCUT2D eigenvalue weighted by atomic mass is 32.1. The Balaban J connectivity index is 5.23. The van der Waals surface area contributed by atoms with Crippen molar-refractivity contribution in [2.45, 2.75) is 58.7 Å². The minimum absolute atomic E-state index is 0.145. The summed E-state index contributed by atoms with van der Waals surface area (Å²) in [5, 5.41) is 18.3. The first kappa shape index (κ1) is 16.3. The molecule has 0 aromatic rings. The molecule has 0 fully saturated rings. The number of ether oxygens (including phenoxy) is 1. The zero-order chi connectivity index (χ0) is 13.6. The molecule has 0 saturated carbocycles. The molecular formula is C12H22O4S. The number of hydrogen-bond acceptors (Lipinski definition) is 3. The molecule has 3 atom stereocenters. The minimum atomic E-state index is -1.26. The predicted molar refractivity (Wildman–Crippen MR) is 70.5 cm³/mol. The van der Waals surface area contributed by atoms with E-state index >= 15 is 0 Å². The van der Waals surface area contributed by atoms with Crippen molar-refractivity contribution < 1.29 is 19.7 Å². The molecule has 0 aliphatic rings. The topological polar surface area (TPSA) is 66.8 Å². The second-order valence-electron chi connectivity index (χ2n) is 4.41. The highest BCUT2D eigenvalue weighted by molar-refractivity contribution is 7.80. The van der Waals surface area contributed by atoms with Gasteiger partial charge in [0.2, 0.25) is 0 Å². The van der Waals surface area contributed by atoms with Gasteiger partial charge in [-0.1, -0.05) is 27.2 Å². The molecule has 0 aliphatic heterocycles. The third-order valence-corrected chi connectivity index (χ3v) is 3.52. The van der Waals surface area contributed by atoms with Crippen LogP contribution in [0.3, 0.4) is 0 Å². The second kappa shape index (κ2) is 6.91. The van der Waals surface area contributed by atoms with Gasteiger partial charge in [-0.15, -0.1) is 0 Å². The Kier molecular flexibility index (Phi) is 6.64. The highest BCUT2D eigenvalue weighted by Crippen LogP contribution is 2.32. The Hall–Kier alpha value is -0.680. The van der Waals surface area contributed by atoms with E-state index in [4.69, 9.17) is 22.1 Å². The number of thiocarbonyl (C=S) groups is 1. The molecule has 0 spiro atoms. The lowest BCUT2D eigenvalue weighted by atomic mass is 9.84. The lowest BCUT2D eigenvalue weighted by Gasteiger charge is -2.37. The molecule has 0 aliphatic carbocycles. The van der Waals surface area contributed by atoms with E-state index in [1.807, 2.05) is 27.7 Å². The van der Waals surface area contributed by atoms with Gasteiger partial charge in [-0.25, -0.2) is 0 Å². The molecule has 0 saturated heterocycles. The molecule has 0 radical (unpaired) electrons. The lowest BCUT2D eigenvalue weighted by molar-refractivity contribution is -0.148. The summed E-state index contributed by atoms with van der Waals surface area (Å²) in [4.78, 5) is 11.0. The zero-order valence-corrected chi connectivity index (χ0v) is 11.7. The van der Waals surface area contributed by atoms with Crippen LogP contribution in [0.15, 0.2) is 0 Å². The van der Waals surface area contributed by atoms with Crippen molar-refractivity contribution >= 4 is 23.2 Å². The lowest BCUT2D eigenvalue weighted by Crippen LogP contribution is -2.50. The van der Waals surface area contributed by atoms with E-state index < -0.39 is 11.6 Å². The quantitative estimate of drug-likeness (QED) is 0.658. The number of hydrogen-bond donors (Lipinski definition) is 2. The van der Waals surface area contributed by atoms with Gasteiger partial charge in [-0.2, -0.15) is 0 Å². The summed E-state index contributed by atoms with van der Waals surface area (Å²) in [5.41, 5.74) is -1.26. The van der Waals surface area contributed by atoms with Crippen LogP contribution in [0.1, 0.15) is 47.0 Å². The van der Waals surface area contributed by atoms with Gasteiger partial charge in [-0.05, 0) is 31.5 Å². The third-order valence-electron chi connectivity index (χ3n) is 3.17. The van der Waals surface area contributed by atoms with E-state index in [9.17, 15) is 9.90 Å². The van der Waals surface area contributed by atoms with Crippen molar-refractivity contribution in [3.63, 3.8) is 0 Å². The Morgan fingerprint density at radius 3 is 2.12 bits per heavy atom. The van der Waals surface area contributed by atoms with Crippen LogP contribution in [0.5, 0.6) is 0 Å². The number of rotatable bonds is 8. The number of aliphatic carboxylic acids is 1. The van der Waals surface area contributed by atoms with Crippen molar-refractivity contribution in [2.24, 2.45) is 5.92 Å². The molecule has 5 heteroatoms. The molecule has 17 heavy (non-hydrogen) atoms. The van der Waals surface area contributed by atoms with E-state index in [1.54, 1.807) is 0 Å². The fraction of sp³-hybridized carbons (Fsp3) is 0.833. The fourth-order valence-electron chi connectivity index (χ4n) is 1.67. The number of carboxylic acids is 1. The maximum atomic E-state index is 11.0. The number of carbonyl (C=O) groups is 1. The van der Waals surface area contributed by atoms with Crippen molar-refractivity contribution in [1.29, 1.82) is 0 Å². The molecule has 0 bridgehead atoms. The van der Waals surface area contributed by atoms with Gasteiger partial charge in [0.25, 0.3) is 0 Å². The summed E-state index contributed by atoms with van der Waals surface area (Å²) >= 11 is 4.82. The number of carboxylic acid groups (broad SMARTS) is 1. The molecule has 2 N–H and O–H groups in total. The van der Waals surface area contributed by atoms with Gasteiger partial charge < -0.3 is 14.9 Å². The summed E-state index contributed by atoms with van der Waals surface area (Å²) in [6, 6.07) is 0. The molecule has 3 unspecified atom stereocenters. The van der Waals surface area contributed by atoms with Crippen molar-refractivity contribution in [3.05, 3.63) is 0 Å². The molecule has 0 aromatic heterocycles. The van der Waals surface area contributed by atoms with Gasteiger partial charge >= 0.3 is 5.97 Å². The first-order chi connectivity index (χ1) is 7.80. The molecule has 0 aromatic carbocycles. The molecule has 0 rings (SSSR count). The predicted octanol–water partition coefficient (Wildman–Crippen LogP) is 2.95. The summed E-state index contributed by atoms with van der Waals surface area (Å²) in [7, 11) is 0. The first-order valence-corrected chi connectivity index (χ1v) is 6.33. The zero-order valence-electron chi connectivity index (χ0n) is 10.9. The number of aliphatic hydroxyl groups excluding tert-OH is 1. The average Bonchev–Trinajstić information content (AvgIpc) is 2.25. The summed E-state index contributed by atoms with van der Waals surface area (Å²) in [5.74, 6) is -1.17. The Morgan fingerprint density at radius 1 is 1.29 bits per heavy atom. The van der Waals surface area contributed by atoms with Crippen LogP contribution in [-0.4, -0.2) is 32.9 Å². The normalized spacial score (nSPS) is 18.1. The largest absolute Gasteiger partial charge is 0.500 e. The van der Waals surface area contributed by atoms with Crippen LogP contribution in [0.2, 0.25) is 0 Å². The van der Waals surface area contributed by atoms with Crippen molar-refractivity contribution in [2.75, 3.05) is 0 Å². The third kappa shape index (κ3) is 4.24. The van der Waals surface area contributed by atoms with Gasteiger partial charge in [0, 0.05) is 0 Å². The Morgan fingerprint density at radius 2 is 1.82 bits per heavy atom. The average molecular weight is 262 g/mol. The van der Waals surface area contributed by atoms with Gasteiger partial charge in [-0.3, -0.25) is 4.79 Å². The SMILES string of the molecule is CCC(C)OC(CC(=O)O)(C(O)=S)C(C)CC. The highest BCUT2D eigenvalue weighted by Gasteiger charge is 2.44. The van der Waals surface area contributed by atoms with E-state index in [1.165, 1.54) is 0 Å². The van der Waals surface area contributed by atoms with Crippen LogP contribution in [-0.2, 0) is 9.53 Å². The Labute approximate surface area is 108 Å². The van der Waals surface area contributed by atoms with Crippen LogP contribution in [0.4, 0.5) is 0 Å². The smallest absolute Gasteiger partial charge is 0.306 e. The van der Waals surface area contributed by atoms with Crippen LogP contribution in [0.25, 0.3) is 0 Å². The van der Waals surface area contributed by atoms with E-state index in [2.05, 4.69) is 0 Å². The van der Waals surface area contributed by atoms with Crippen molar-refractivity contribution in [3.8, 4) is 0 Å².